The monoisotopic (exact) mass is 240 g/mol. The van der Waals surface area contributed by atoms with Gasteiger partial charge < -0.3 is 9.84 Å². The zero-order valence-electron chi connectivity index (χ0n) is 10.1. The van der Waals surface area contributed by atoms with Crippen LogP contribution in [0.2, 0.25) is 0 Å². The molecule has 4 heteroatoms. The standard InChI is InChI=1S/C13H17FO3/c1-9(7-13(15)16)3-4-10-5-6-12(17-2)11(14)8-10/h5-6,8-9H,3-4,7H2,1-2H3,(H,15,16). The van der Waals surface area contributed by atoms with Gasteiger partial charge in [0.05, 0.1) is 7.11 Å². The van der Waals surface area contributed by atoms with E-state index in [1.807, 2.05) is 6.92 Å². The van der Waals surface area contributed by atoms with Gasteiger partial charge >= 0.3 is 5.97 Å². The summed E-state index contributed by atoms with van der Waals surface area (Å²) in [6, 6.07) is 4.83. The van der Waals surface area contributed by atoms with Crippen LogP contribution >= 0.6 is 0 Å². The number of rotatable bonds is 6. The Morgan fingerprint density at radius 3 is 2.76 bits per heavy atom. The largest absolute Gasteiger partial charge is 0.494 e. The highest BCUT2D eigenvalue weighted by Gasteiger charge is 2.09. The number of hydrogen-bond acceptors (Lipinski definition) is 2. The molecular weight excluding hydrogens is 223 g/mol. The lowest BCUT2D eigenvalue weighted by atomic mass is 9.98. The number of carbonyl (C=O) groups is 1. The topological polar surface area (TPSA) is 46.5 Å². The van der Waals surface area contributed by atoms with Crippen LogP contribution in [0.4, 0.5) is 4.39 Å². The van der Waals surface area contributed by atoms with E-state index in [0.29, 0.717) is 6.42 Å². The van der Waals surface area contributed by atoms with E-state index >= 15 is 0 Å². The number of aliphatic carboxylic acids is 1. The van der Waals surface area contributed by atoms with Crippen molar-refractivity contribution in [2.45, 2.75) is 26.2 Å². The third-order valence-corrected chi connectivity index (χ3v) is 2.67. The Balaban J connectivity index is 2.52. The van der Waals surface area contributed by atoms with E-state index in [2.05, 4.69) is 0 Å². The maximum absolute atomic E-state index is 13.4. The van der Waals surface area contributed by atoms with Crippen LogP contribution in [-0.4, -0.2) is 18.2 Å². The number of benzene rings is 1. The first-order valence-electron chi connectivity index (χ1n) is 5.57. The van der Waals surface area contributed by atoms with Crippen molar-refractivity contribution in [1.82, 2.24) is 0 Å². The van der Waals surface area contributed by atoms with Crippen LogP contribution in [0.3, 0.4) is 0 Å². The second-order valence-electron chi connectivity index (χ2n) is 4.21. The summed E-state index contributed by atoms with van der Waals surface area (Å²) in [6.45, 7) is 1.88. The molecule has 1 aromatic rings. The number of hydrogen-bond donors (Lipinski definition) is 1. The molecule has 3 nitrogen and oxygen atoms in total. The first-order valence-corrected chi connectivity index (χ1v) is 5.57. The molecule has 94 valence electrons. The fraction of sp³-hybridized carbons (Fsp3) is 0.462. The molecule has 0 amide bonds. The minimum atomic E-state index is -0.793. The van der Waals surface area contributed by atoms with Gasteiger partial charge in [0.15, 0.2) is 11.6 Å². The van der Waals surface area contributed by atoms with Crippen molar-refractivity contribution in [3.63, 3.8) is 0 Å². The Kier molecular flexibility index (Phi) is 4.94. The fourth-order valence-corrected chi connectivity index (χ4v) is 1.68. The zero-order chi connectivity index (χ0) is 12.8. The molecular formula is C13H17FO3. The number of halogens is 1. The lowest BCUT2D eigenvalue weighted by Crippen LogP contribution is -2.05. The molecule has 1 rings (SSSR count). The minimum absolute atomic E-state index is 0.0951. The fourth-order valence-electron chi connectivity index (χ4n) is 1.68. The Labute approximate surface area is 100 Å². The average Bonchev–Trinajstić information content (AvgIpc) is 2.25. The number of methoxy groups -OCH3 is 1. The average molecular weight is 240 g/mol. The summed E-state index contributed by atoms with van der Waals surface area (Å²) < 4.78 is 18.2. The molecule has 1 atom stereocenters. The van der Waals surface area contributed by atoms with Gasteiger partial charge in [-0.15, -0.1) is 0 Å². The van der Waals surface area contributed by atoms with Gasteiger partial charge in [-0.25, -0.2) is 4.39 Å². The molecule has 0 bridgehead atoms. The lowest BCUT2D eigenvalue weighted by Gasteiger charge is -2.09. The highest BCUT2D eigenvalue weighted by Crippen LogP contribution is 2.20. The molecule has 0 heterocycles. The summed E-state index contributed by atoms with van der Waals surface area (Å²) >= 11 is 0. The van der Waals surface area contributed by atoms with Gasteiger partial charge in [0.25, 0.3) is 0 Å². The van der Waals surface area contributed by atoms with Gasteiger partial charge in [-0.1, -0.05) is 13.0 Å². The van der Waals surface area contributed by atoms with Crippen LogP contribution in [0.15, 0.2) is 18.2 Å². The molecule has 0 saturated heterocycles. The second kappa shape index (κ2) is 6.23. The summed E-state index contributed by atoms with van der Waals surface area (Å²) in [4.78, 5) is 10.5. The van der Waals surface area contributed by atoms with Crippen LogP contribution in [0.5, 0.6) is 5.75 Å². The van der Waals surface area contributed by atoms with Gasteiger partial charge in [0, 0.05) is 6.42 Å². The second-order valence-corrected chi connectivity index (χ2v) is 4.21. The zero-order valence-corrected chi connectivity index (χ0v) is 10.1. The third-order valence-electron chi connectivity index (χ3n) is 2.67. The summed E-state index contributed by atoms with van der Waals surface area (Å²) in [5.74, 6) is -0.848. The van der Waals surface area contributed by atoms with Crippen molar-refractivity contribution in [2.75, 3.05) is 7.11 Å². The number of carboxylic acids is 1. The van der Waals surface area contributed by atoms with Gasteiger partial charge in [0.2, 0.25) is 0 Å². The van der Waals surface area contributed by atoms with Crippen LogP contribution in [0, 0.1) is 11.7 Å². The Morgan fingerprint density at radius 2 is 2.24 bits per heavy atom. The first-order chi connectivity index (χ1) is 8.02. The molecule has 0 saturated carbocycles. The van der Waals surface area contributed by atoms with E-state index in [-0.39, 0.29) is 23.9 Å². The molecule has 0 aliphatic heterocycles. The van der Waals surface area contributed by atoms with Crippen LogP contribution < -0.4 is 4.74 Å². The summed E-state index contributed by atoms with van der Waals surface area (Å²) in [6.07, 6.45) is 1.56. The molecule has 0 aliphatic carbocycles. The van der Waals surface area contributed by atoms with Crippen molar-refractivity contribution >= 4 is 5.97 Å². The number of aryl methyl sites for hydroxylation is 1. The SMILES string of the molecule is COc1ccc(CCC(C)CC(=O)O)cc1F. The summed E-state index contributed by atoms with van der Waals surface area (Å²) in [7, 11) is 1.42. The van der Waals surface area contributed by atoms with Gasteiger partial charge in [0.1, 0.15) is 0 Å². The van der Waals surface area contributed by atoms with E-state index in [1.54, 1.807) is 12.1 Å². The minimum Gasteiger partial charge on any atom is -0.494 e. The summed E-state index contributed by atoms with van der Waals surface area (Å²) in [5.41, 5.74) is 0.862. The Bertz CT molecular complexity index is 390. The lowest BCUT2D eigenvalue weighted by molar-refractivity contribution is -0.138. The van der Waals surface area contributed by atoms with E-state index in [1.165, 1.54) is 13.2 Å². The van der Waals surface area contributed by atoms with Gasteiger partial charge in [-0.2, -0.15) is 0 Å². The quantitative estimate of drug-likeness (QED) is 0.831. The van der Waals surface area contributed by atoms with Crippen LogP contribution in [0.1, 0.15) is 25.3 Å². The molecule has 0 aliphatic rings. The van der Waals surface area contributed by atoms with Crippen LogP contribution in [0.25, 0.3) is 0 Å². The van der Waals surface area contributed by atoms with Crippen LogP contribution in [-0.2, 0) is 11.2 Å². The molecule has 17 heavy (non-hydrogen) atoms. The van der Waals surface area contributed by atoms with Crippen molar-refractivity contribution in [1.29, 1.82) is 0 Å². The highest BCUT2D eigenvalue weighted by molar-refractivity contribution is 5.66. The highest BCUT2D eigenvalue weighted by atomic mass is 19.1. The smallest absolute Gasteiger partial charge is 0.303 e. The molecule has 0 fully saturated rings. The molecule has 1 N–H and O–H groups in total. The van der Waals surface area contributed by atoms with E-state index in [4.69, 9.17) is 9.84 Å². The Hall–Kier alpha value is -1.58. The maximum atomic E-state index is 13.4. The third kappa shape index (κ3) is 4.43. The van der Waals surface area contributed by atoms with E-state index in [9.17, 15) is 9.18 Å². The van der Waals surface area contributed by atoms with Crippen molar-refractivity contribution in [3.8, 4) is 5.75 Å². The van der Waals surface area contributed by atoms with Gasteiger partial charge in [-0.05, 0) is 36.5 Å². The number of carboxylic acid groups (broad SMARTS) is 1. The van der Waals surface area contributed by atoms with Crippen molar-refractivity contribution in [2.24, 2.45) is 5.92 Å². The predicted octanol–water partition coefficient (Wildman–Crippen LogP) is 2.88. The maximum Gasteiger partial charge on any atom is 0.303 e. The van der Waals surface area contributed by atoms with E-state index in [0.717, 1.165) is 12.0 Å². The predicted molar refractivity (Wildman–Crippen MR) is 62.7 cm³/mol. The van der Waals surface area contributed by atoms with Crippen molar-refractivity contribution in [3.05, 3.63) is 29.6 Å². The first kappa shape index (κ1) is 13.5. The normalized spacial score (nSPS) is 12.2. The number of ether oxygens (including phenoxy) is 1. The summed E-state index contributed by atoms with van der Waals surface area (Å²) in [5, 5.41) is 8.62. The molecule has 1 aromatic carbocycles. The van der Waals surface area contributed by atoms with Gasteiger partial charge in [-0.3, -0.25) is 4.79 Å². The molecule has 1 unspecified atom stereocenters. The van der Waals surface area contributed by atoms with Crippen molar-refractivity contribution < 1.29 is 19.0 Å². The molecule has 0 aromatic heterocycles. The Morgan fingerprint density at radius 1 is 1.53 bits per heavy atom. The van der Waals surface area contributed by atoms with E-state index < -0.39 is 5.97 Å². The molecule has 0 radical (unpaired) electrons. The molecule has 0 spiro atoms.